The molecule has 1 aromatic carbocycles. The summed E-state index contributed by atoms with van der Waals surface area (Å²) < 4.78 is 0. The van der Waals surface area contributed by atoms with Crippen LogP contribution in [-0.4, -0.2) is 15.7 Å². The summed E-state index contributed by atoms with van der Waals surface area (Å²) >= 11 is 1.91. The quantitative estimate of drug-likeness (QED) is 0.786. The second kappa shape index (κ2) is 6.66. The van der Waals surface area contributed by atoms with E-state index in [1.807, 2.05) is 30.0 Å². The average Bonchev–Trinajstić information content (AvgIpc) is 2.81. The first kappa shape index (κ1) is 14.0. The van der Waals surface area contributed by atoms with Gasteiger partial charge in [-0.25, -0.2) is 4.98 Å². The number of allylic oxidation sites excluding steroid dienone is 1. The highest BCUT2D eigenvalue weighted by molar-refractivity contribution is 7.98. The summed E-state index contributed by atoms with van der Waals surface area (Å²) in [6.45, 7) is 4.28. The topological polar surface area (TPSA) is 54.7 Å². The number of nitrogens with zero attached hydrogens (tertiary/aromatic N) is 1. The first-order valence-electron chi connectivity index (χ1n) is 6.77. The number of aromatic nitrogens is 2. The van der Waals surface area contributed by atoms with E-state index in [9.17, 15) is 0 Å². The van der Waals surface area contributed by atoms with Crippen LogP contribution >= 0.6 is 11.8 Å². The van der Waals surface area contributed by atoms with E-state index in [2.05, 4.69) is 24.9 Å². The highest BCUT2D eigenvalue weighted by Crippen LogP contribution is 2.22. The van der Waals surface area contributed by atoms with Gasteiger partial charge in [0.2, 0.25) is 0 Å². The van der Waals surface area contributed by atoms with Crippen molar-refractivity contribution in [1.82, 2.24) is 9.97 Å². The Hall–Kier alpha value is -1.42. The highest BCUT2D eigenvalue weighted by Gasteiger charge is 2.08. The number of aromatic amines is 1. The summed E-state index contributed by atoms with van der Waals surface area (Å²) in [4.78, 5) is 8.07. The number of hydrogen-bond acceptors (Lipinski definition) is 3. The van der Waals surface area contributed by atoms with Crippen LogP contribution < -0.4 is 5.73 Å². The number of H-pyrrole nitrogens is 1. The SMILES string of the molecule is CC/C=C(\N)c1cccc2[nH]c(CSCCC)nc12. The van der Waals surface area contributed by atoms with E-state index in [-0.39, 0.29) is 0 Å². The number of imidazole rings is 1. The summed E-state index contributed by atoms with van der Waals surface area (Å²) in [5.74, 6) is 3.13. The van der Waals surface area contributed by atoms with Crippen molar-refractivity contribution in [2.45, 2.75) is 32.4 Å². The van der Waals surface area contributed by atoms with Crippen LogP contribution in [-0.2, 0) is 5.75 Å². The van der Waals surface area contributed by atoms with Gasteiger partial charge in [-0.1, -0.05) is 32.1 Å². The zero-order chi connectivity index (χ0) is 13.7. The van der Waals surface area contributed by atoms with Gasteiger partial charge in [0.15, 0.2) is 0 Å². The average molecular weight is 275 g/mol. The number of thioether (sulfide) groups is 1. The molecule has 3 N–H and O–H groups in total. The van der Waals surface area contributed by atoms with Crippen molar-refractivity contribution < 1.29 is 0 Å². The summed E-state index contributed by atoms with van der Waals surface area (Å²) in [5, 5.41) is 0. The van der Waals surface area contributed by atoms with Gasteiger partial charge in [-0.3, -0.25) is 0 Å². The van der Waals surface area contributed by atoms with Crippen molar-refractivity contribution >= 4 is 28.5 Å². The van der Waals surface area contributed by atoms with Crippen LogP contribution in [0.3, 0.4) is 0 Å². The lowest BCUT2D eigenvalue weighted by atomic mass is 10.1. The maximum absolute atomic E-state index is 6.10. The predicted molar refractivity (Wildman–Crippen MR) is 85.0 cm³/mol. The predicted octanol–water partition coefficient (Wildman–Crippen LogP) is 3.92. The second-order valence-electron chi connectivity index (χ2n) is 4.51. The molecule has 0 saturated heterocycles. The Balaban J connectivity index is 2.31. The number of nitrogens with one attached hydrogen (secondary N) is 1. The fraction of sp³-hybridized carbons (Fsp3) is 0.400. The Morgan fingerprint density at radius 2 is 2.26 bits per heavy atom. The van der Waals surface area contributed by atoms with Crippen molar-refractivity contribution in [2.24, 2.45) is 5.73 Å². The van der Waals surface area contributed by atoms with Crippen LogP contribution in [0, 0.1) is 0 Å². The number of rotatable bonds is 6. The number of fused-ring (bicyclic) bond motifs is 1. The molecule has 19 heavy (non-hydrogen) atoms. The van der Waals surface area contributed by atoms with Crippen LogP contribution in [0.25, 0.3) is 16.7 Å². The van der Waals surface area contributed by atoms with Gasteiger partial charge >= 0.3 is 0 Å². The lowest BCUT2D eigenvalue weighted by molar-refractivity contribution is 1.09. The van der Waals surface area contributed by atoms with Gasteiger partial charge in [-0.2, -0.15) is 11.8 Å². The zero-order valence-electron chi connectivity index (χ0n) is 11.6. The lowest BCUT2D eigenvalue weighted by Gasteiger charge is -2.01. The van der Waals surface area contributed by atoms with E-state index in [4.69, 9.17) is 10.7 Å². The fourth-order valence-electron chi connectivity index (χ4n) is 2.03. The summed E-state index contributed by atoms with van der Waals surface area (Å²) in [7, 11) is 0. The van der Waals surface area contributed by atoms with Crippen molar-refractivity contribution in [3.05, 3.63) is 35.7 Å². The van der Waals surface area contributed by atoms with Crippen molar-refractivity contribution in [2.75, 3.05) is 5.75 Å². The molecule has 1 heterocycles. The molecular formula is C15H21N3S. The Kier molecular flexibility index (Phi) is 4.91. The van der Waals surface area contributed by atoms with Gasteiger partial charge in [0.1, 0.15) is 5.82 Å². The van der Waals surface area contributed by atoms with Gasteiger partial charge in [0, 0.05) is 11.3 Å². The van der Waals surface area contributed by atoms with E-state index >= 15 is 0 Å². The Labute approximate surface area is 118 Å². The first-order valence-corrected chi connectivity index (χ1v) is 7.93. The smallest absolute Gasteiger partial charge is 0.117 e. The van der Waals surface area contributed by atoms with E-state index < -0.39 is 0 Å². The van der Waals surface area contributed by atoms with Gasteiger partial charge in [0.05, 0.1) is 16.8 Å². The van der Waals surface area contributed by atoms with E-state index in [0.717, 1.165) is 40.3 Å². The van der Waals surface area contributed by atoms with Crippen molar-refractivity contribution in [3.8, 4) is 0 Å². The van der Waals surface area contributed by atoms with Crippen LogP contribution in [0.15, 0.2) is 24.3 Å². The molecule has 0 aliphatic heterocycles. The molecule has 0 fully saturated rings. The molecule has 4 heteroatoms. The number of benzene rings is 1. The van der Waals surface area contributed by atoms with Gasteiger partial charge in [-0.15, -0.1) is 0 Å². The molecule has 0 atom stereocenters. The van der Waals surface area contributed by atoms with Crippen molar-refractivity contribution in [3.63, 3.8) is 0 Å². The van der Waals surface area contributed by atoms with Gasteiger partial charge in [-0.05, 0) is 24.7 Å². The fourth-order valence-corrected chi connectivity index (χ4v) is 2.79. The highest BCUT2D eigenvalue weighted by atomic mass is 32.2. The zero-order valence-corrected chi connectivity index (χ0v) is 12.4. The van der Waals surface area contributed by atoms with Crippen molar-refractivity contribution in [1.29, 1.82) is 0 Å². The first-order chi connectivity index (χ1) is 9.26. The molecule has 0 aliphatic carbocycles. The third kappa shape index (κ3) is 3.32. The summed E-state index contributed by atoms with van der Waals surface area (Å²) in [6.07, 6.45) is 4.17. The monoisotopic (exact) mass is 275 g/mol. The lowest BCUT2D eigenvalue weighted by Crippen LogP contribution is -1.97. The minimum absolute atomic E-state index is 0.812. The molecule has 0 radical (unpaired) electrons. The molecule has 0 amide bonds. The van der Waals surface area contributed by atoms with Gasteiger partial charge < -0.3 is 10.7 Å². The summed E-state index contributed by atoms with van der Waals surface area (Å²) in [6, 6.07) is 6.11. The maximum Gasteiger partial charge on any atom is 0.117 e. The molecule has 0 bridgehead atoms. The second-order valence-corrected chi connectivity index (χ2v) is 5.61. The minimum Gasteiger partial charge on any atom is -0.398 e. The van der Waals surface area contributed by atoms with Gasteiger partial charge in [0.25, 0.3) is 0 Å². The van der Waals surface area contributed by atoms with Crippen LogP contribution in [0.1, 0.15) is 38.1 Å². The molecule has 2 aromatic rings. The molecule has 0 unspecified atom stereocenters. The van der Waals surface area contributed by atoms with Crippen LogP contribution in [0.4, 0.5) is 0 Å². The molecule has 0 aliphatic rings. The largest absolute Gasteiger partial charge is 0.398 e. The maximum atomic E-state index is 6.10. The van der Waals surface area contributed by atoms with E-state index in [1.54, 1.807) is 0 Å². The Bertz CT molecular complexity index is 572. The third-order valence-corrected chi connectivity index (χ3v) is 4.06. The van der Waals surface area contributed by atoms with Crippen LogP contribution in [0.2, 0.25) is 0 Å². The van der Waals surface area contributed by atoms with E-state index in [1.165, 1.54) is 12.2 Å². The minimum atomic E-state index is 0.812. The summed E-state index contributed by atoms with van der Waals surface area (Å²) in [5.41, 5.74) is 10.00. The molecular weight excluding hydrogens is 254 g/mol. The Morgan fingerprint density at radius 3 is 3.00 bits per heavy atom. The molecule has 3 nitrogen and oxygen atoms in total. The number of para-hydroxylation sites is 1. The molecule has 2 rings (SSSR count). The standard InChI is InChI=1S/C15H21N3S/c1-3-6-12(16)11-7-5-8-13-15(11)18-14(17-13)10-19-9-4-2/h5-8H,3-4,9-10,16H2,1-2H3,(H,17,18)/b12-6-. The molecule has 0 spiro atoms. The third-order valence-electron chi connectivity index (χ3n) is 2.88. The Morgan fingerprint density at radius 1 is 1.42 bits per heavy atom. The molecule has 0 saturated carbocycles. The molecule has 102 valence electrons. The molecule has 1 aromatic heterocycles. The number of nitrogens with two attached hydrogens (primary N) is 1. The normalized spacial score (nSPS) is 12.2. The number of hydrogen-bond donors (Lipinski definition) is 2. The van der Waals surface area contributed by atoms with E-state index in [0.29, 0.717) is 0 Å². The van der Waals surface area contributed by atoms with Crippen LogP contribution in [0.5, 0.6) is 0 Å².